The Morgan fingerprint density at radius 2 is 1.79 bits per heavy atom. The fourth-order valence-corrected chi connectivity index (χ4v) is 3.31. The molecule has 0 saturated heterocycles. The summed E-state index contributed by atoms with van der Waals surface area (Å²) in [4.78, 5) is 12.7. The lowest BCUT2D eigenvalue weighted by molar-refractivity contribution is 0.0873. The first-order valence-corrected chi connectivity index (χ1v) is 8.19. The molecule has 1 aromatic rings. The third kappa shape index (κ3) is 3.66. The highest BCUT2D eigenvalue weighted by molar-refractivity contribution is 7.84. The van der Waals surface area contributed by atoms with Gasteiger partial charge in [0.25, 0.3) is 5.91 Å². The predicted octanol–water partition coefficient (Wildman–Crippen LogP) is 3.77. The monoisotopic (exact) mass is 281 g/mol. The quantitative estimate of drug-likeness (QED) is 0.770. The van der Waals surface area contributed by atoms with Crippen molar-refractivity contribution in [3.63, 3.8) is 0 Å². The Kier molecular flexibility index (Phi) is 6.78. The van der Waals surface area contributed by atoms with Crippen LogP contribution in [0.5, 0.6) is 0 Å². The van der Waals surface area contributed by atoms with E-state index in [9.17, 15) is 9.00 Å². The molecule has 2 rings (SSSR count). The van der Waals surface area contributed by atoms with Crippen LogP contribution in [0.25, 0.3) is 0 Å². The summed E-state index contributed by atoms with van der Waals surface area (Å²) in [5.41, 5.74) is 0.598. The molecule has 106 valence electrons. The maximum Gasteiger partial charge on any atom is 0.267 e. The average Bonchev–Trinajstić information content (AvgIpc) is 2.71. The summed E-state index contributed by atoms with van der Waals surface area (Å²) < 4.78 is 13.6. The molecular weight excluding hydrogens is 258 g/mol. The standard InChI is InChI=1S/C13H17NO2S.C2H6/c1-2-3-4-7-10-14-13(15)11-8-5-6-9-12(11)17(14)16;1-2/h5-6,8-9H,2-4,7,10H2,1H3;1-2H3. The van der Waals surface area contributed by atoms with Gasteiger partial charge < -0.3 is 0 Å². The van der Waals surface area contributed by atoms with E-state index in [1.54, 1.807) is 12.1 Å². The number of fused-ring (bicyclic) bond motifs is 1. The van der Waals surface area contributed by atoms with Crippen molar-refractivity contribution in [2.24, 2.45) is 0 Å². The van der Waals surface area contributed by atoms with Crippen molar-refractivity contribution in [1.29, 1.82) is 0 Å². The molecule has 1 heterocycles. The molecule has 1 amide bonds. The van der Waals surface area contributed by atoms with Crippen LogP contribution in [0.3, 0.4) is 0 Å². The third-order valence-corrected chi connectivity index (χ3v) is 4.43. The van der Waals surface area contributed by atoms with Crippen LogP contribution >= 0.6 is 0 Å². The second-order valence-electron chi connectivity index (χ2n) is 4.21. The fourth-order valence-electron chi connectivity index (χ4n) is 1.99. The lowest BCUT2D eigenvalue weighted by atomic mass is 10.2. The van der Waals surface area contributed by atoms with E-state index < -0.39 is 11.0 Å². The third-order valence-electron chi connectivity index (χ3n) is 2.95. The molecule has 0 fully saturated rings. The second kappa shape index (κ2) is 8.10. The van der Waals surface area contributed by atoms with Crippen LogP contribution in [-0.4, -0.2) is 21.0 Å². The molecule has 0 saturated carbocycles. The SMILES string of the molecule is CC.CCCCCCN1C(=O)c2ccccc2S1=O. The first kappa shape index (κ1) is 15.9. The maximum atomic E-state index is 12.1. The second-order valence-corrected chi connectivity index (χ2v) is 5.59. The van der Waals surface area contributed by atoms with E-state index in [4.69, 9.17) is 0 Å². The Labute approximate surface area is 118 Å². The van der Waals surface area contributed by atoms with Crippen LogP contribution in [0.1, 0.15) is 56.8 Å². The molecule has 3 nitrogen and oxygen atoms in total. The van der Waals surface area contributed by atoms with Crippen LogP contribution < -0.4 is 0 Å². The zero-order chi connectivity index (χ0) is 14.3. The van der Waals surface area contributed by atoms with Gasteiger partial charge in [-0.15, -0.1) is 0 Å². The van der Waals surface area contributed by atoms with E-state index in [2.05, 4.69) is 6.92 Å². The molecule has 4 heteroatoms. The number of nitrogens with zero attached hydrogens (tertiary/aromatic N) is 1. The van der Waals surface area contributed by atoms with Crippen LogP contribution in [0, 0.1) is 0 Å². The summed E-state index contributed by atoms with van der Waals surface area (Å²) >= 11 is 0. The first-order valence-electron chi connectivity index (χ1n) is 7.08. The molecule has 1 aromatic carbocycles. The molecule has 1 aliphatic rings. The maximum absolute atomic E-state index is 12.1. The lowest BCUT2D eigenvalue weighted by Gasteiger charge is -2.13. The summed E-state index contributed by atoms with van der Waals surface area (Å²) in [6.45, 7) is 6.75. The Hall–Kier alpha value is -1.16. The normalized spacial score (nSPS) is 16.9. The highest BCUT2D eigenvalue weighted by Gasteiger charge is 2.33. The topological polar surface area (TPSA) is 37.4 Å². The predicted molar refractivity (Wildman–Crippen MR) is 79.4 cm³/mol. The van der Waals surface area contributed by atoms with Crippen molar-refractivity contribution in [2.75, 3.05) is 6.54 Å². The van der Waals surface area contributed by atoms with Gasteiger partial charge in [-0.1, -0.05) is 52.2 Å². The molecule has 0 aromatic heterocycles. The molecule has 1 unspecified atom stereocenters. The molecule has 0 radical (unpaired) electrons. The van der Waals surface area contributed by atoms with Gasteiger partial charge in [0, 0.05) is 6.54 Å². The molecule has 19 heavy (non-hydrogen) atoms. The molecule has 1 atom stereocenters. The molecule has 0 spiro atoms. The number of amides is 1. The van der Waals surface area contributed by atoms with E-state index in [1.165, 1.54) is 10.7 Å². The fraction of sp³-hybridized carbons (Fsp3) is 0.533. The molecule has 0 bridgehead atoms. The van der Waals surface area contributed by atoms with Gasteiger partial charge in [0.05, 0.1) is 10.5 Å². The van der Waals surface area contributed by atoms with Crippen molar-refractivity contribution in [2.45, 2.75) is 51.3 Å². The minimum Gasteiger partial charge on any atom is -0.268 e. The van der Waals surface area contributed by atoms with Gasteiger partial charge >= 0.3 is 0 Å². The number of carbonyl (C=O) groups excluding carboxylic acids is 1. The number of hydrogen-bond acceptors (Lipinski definition) is 2. The van der Waals surface area contributed by atoms with Gasteiger partial charge in [-0.25, -0.2) is 4.21 Å². The van der Waals surface area contributed by atoms with E-state index in [0.29, 0.717) is 17.0 Å². The van der Waals surface area contributed by atoms with E-state index >= 15 is 0 Å². The van der Waals surface area contributed by atoms with Crippen LogP contribution in [0.15, 0.2) is 29.2 Å². The first-order chi connectivity index (χ1) is 9.25. The van der Waals surface area contributed by atoms with Crippen LogP contribution in [0.4, 0.5) is 0 Å². The van der Waals surface area contributed by atoms with Gasteiger partial charge in [0.2, 0.25) is 0 Å². The zero-order valence-corrected chi connectivity index (χ0v) is 12.8. The van der Waals surface area contributed by atoms with Crippen molar-refractivity contribution < 1.29 is 9.00 Å². The van der Waals surface area contributed by atoms with E-state index in [0.717, 1.165) is 19.3 Å². The minimum atomic E-state index is -1.29. The molecule has 0 aliphatic carbocycles. The minimum absolute atomic E-state index is 0.0876. The van der Waals surface area contributed by atoms with E-state index in [-0.39, 0.29) is 5.91 Å². The van der Waals surface area contributed by atoms with Gasteiger partial charge in [-0.2, -0.15) is 0 Å². The van der Waals surface area contributed by atoms with Crippen LogP contribution in [0.2, 0.25) is 0 Å². The van der Waals surface area contributed by atoms with E-state index in [1.807, 2.05) is 26.0 Å². The Morgan fingerprint density at radius 1 is 1.11 bits per heavy atom. The van der Waals surface area contributed by atoms with Crippen molar-refractivity contribution in [3.05, 3.63) is 29.8 Å². The van der Waals surface area contributed by atoms with Crippen molar-refractivity contribution in [1.82, 2.24) is 4.31 Å². The Morgan fingerprint density at radius 3 is 2.42 bits per heavy atom. The Balaban J connectivity index is 0.000000861. The summed E-state index contributed by atoms with van der Waals surface area (Å²) in [6, 6.07) is 7.16. The number of carbonyl (C=O) groups is 1. The number of benzene rings is 1. The summed E-state index contributed by atoms with van der Waals surface area (Å²) in [5, 5.41) is 0. The van der Waals surface area contributed by atoms with Gasteiger partial charge in [0.1, 0.15) is 0 Å². The van der Waals surface area contributed by atoms with Crippen molar-refractivity contribution >= 4 is 16.9 Å². The van der Waals surface area contributed by atoms with Gasteiger partial charge in [-0.3, -0.25) is 9.10 Å². The van der Waals surface area contributed by atoms with Crippen molar-refractivity contribution in [3.8, 4) is 0 Å². The summed E-state index contributed by atoms with van der Waals surface area (Å²) in [5.74, 6) is -0.0876. The average molecular weight is 281 g/mol. The number of rotatable bonds is 5. The Bertz CT molecular complexity index is 411. The number of hydrogen-bond donors (Lipinski definition) is 0. The molecule has 1 aliphatic heterocycles. The molecular formula is C15H23NO2S. The van der Waals surface area contributed by atoms with Gasteiger partial charge in [0.15, 0.2) is 11.0 Å². The number of unbranched alkanes of at least 4 members (excludes halogenated alkanes) is 3. The smallest absolute Gasteiger partial charge is 0.267 e. The summed E-state index contributed by atoms with van der Waals surface area (Å²) in [7, 11) is -1.29. The highest BCUT2D eigenvalue weighted by atomic mass is 32.2. The molecule has 0 N–H and O–H groups in total. The zero-order valence-electron chi connectivity index (χ0n) is 12.0. The van der Waals surface area contributed by atoms with Crippen LogP contribution in [-0.2, 0) is 11.0 Å². The lowest BCUT2D eigenvalue weighted by Crippen LogP contribution is -2.27. The largest absolute Gasteiger partial charge is 0.268 e. The summed E-state index contributed by atoms with van der Waals surface area (Å²) in [6.07, 6.45) is 4.35. The highest BCUT2D eigenvalue weighted by Crippen LogP contribution is 2.26. The van der Waals surface area contributed by atoms with Gasteiger partial charge in [-0.05, 0) is 18.6 Å².